The number of aryl methyl sites for hydroxylation is 1. The molecule has 0 aliphatic carbocycles. The van der Waals surface area contributed by atoms with Crippen molar-refractivity contribution in [3.8, 4) is 11.1 Å². The molecule has 3 aromatic heterocycles. The van der Waals surface area contributed by atoms with Crippen LogP contribution in [0, 0.1) is 0 Å². The average Bonchev–Trinajstić information content (AvgIpc) is 3.22. The highest BCUT2D eigenvalue weighted by molar-refractivity contribution is 5.94. The van der Waals surface area contributed by atoms with Crippen molar-refractivity contribution >= 4 is 5.91 Å². The zero-order chi connectivity index (χ0) is 15.4. The molecule has 0 bridgehead atoms. The average molecular weight is 295 g/mol. The molecule has 112 valence electrons. The summed E-state index contributed by atoms with van der Waals surface area (Å²) in [5.41, 5.74) is 2.69. The van der Waals surface area contributed by atoms with Gasteiger partial charge in [0.05, 0.1) is 12.8 Å². The van der Waals surface area contributed by atoms with Gasteiger partial charge in [-0.15, -0.1) is 0 Å². The van der Waals surface area contributed by atoms with E-state index in [4.69, 9.17) is 4.42 Å². The Morgan fingerprint density at radius 1 is 1.27 bits per heavy atom. The highest BCUT2D eigenvalue weighted by Gasteiger charge is 2.14. The van der Waals surface area contributed by atoms with Crippen molar-refractivity contribution in [2.75, 3.05) is 0 Å². The van der Waals surface area contributed by atoms with Gasteiger partial charge in [0.2, 0.25) is 0 Å². The fraction of sp³-hybridized carbons (Fsp3) is 0.176. The lowest BCUT2D eigenvalue weighted by Crippen LogP contribution is -2.25. The number of carbonyl (C=O) groups is 1. The van der Waals surface area contributed by atoms with Gasteiger partial charge < -0.3 is 14.3 Å². The molecule has 0 spiro atoms. The maximum Gasteiger partial charge on any atom is 0.268 e. The molecule has 1 N–H and O–H groups in total. The summed E-state index contributed by atoms with van der Waals surface area (Å²) in [6.07, 6.45) is 7.07. The van der Waals surface area contributed by atoms with Gasteiger partial charge in [-0.2, -0.15) is 0 Å². The van der Waals surface area contributed by atoms with Crippen LogP contribution < -0.4 is 5.32 Å². The fourth-order valence-electron chi connectivity index (χ4n) is 2.34. The summed E-state index contributed by atoms with van der Waals surface area (Å²) in [4.78, 5) is 16.4. The molecule has 0 unspecified atom stereocenters. The van der Waals surface area contributed by atoms with E-state index in [0.29, 0.717) is 12.2 Å². The van der Waals surface area contributed by atoms with Gasteiger partial charge in [-0.1, -0.05) is 0 Å². The molecule has 0 aliphatic rings. The highest BCUT2D eigenvalue weighted by atomic mass is 16.3. The van der Waals surface area contributed by atoms with Crippen LogP contribution in [0.3, 0.4) is 0 Å². The smallest absolute Gasteiger partial charge is 0.268 e. The molecule has 1 amide bonds. The van der Waals surface area contributed by atoms with Gasteiger partial charge in [0.1, 0.15) is 11.5 Å². The molecule has 3 rings (SSSR count). The summed E-state index contributed by atoms with van der Waals surface area (Å²) in [6, 6.07) is 9.40. The van der Waals surface area contributed by atoms with E-state index in [9.17, 15) is 4.79 Å². The number of aromatic nitrogens is 2. The number of hydrogen-bond acceptors (Lipinski definition) is 3. The Bertz CT molecular complexity index is 746. The van der Waals surface area contributed by atoms with Crippen LogP contribution in [0.15, 0.2) is 59.6 Å². The Labute approximate surface area is 128 Å². The third-order valence-electron chi connectivity index (χ3n) is 3.49. The first-order valence-electron chi connectivity index (χ1n) is 7.19. The molecule has 0 fully saturated rings. The number of pyridine rings is 1. The van der Waals surface area contributed by atoms with E-state index in [-0.39, 0.29) is 5.91 Å². The minimum absolute atomic E-state index is 0.112. The number of nitrogens with zero attached hydrogens (tertiary/aromatic N) is 2. The van der Waals surface area contributed by atoms with Gasteiger partial charge >= 0.3 is 0 Å². The normalized spacial score (nSPS) is 10.6. The monoisotopic (exact) mass is 295 g/mol. The van der Waals surface area contributed by atoms with Crippen LogP contribution in [0.1, 0.15) is 23.2 Å². The molecule has 5 nitrogen and oxygen atoms in total. The van der Waals surface area contributed by atoms with Gasteiger partial charge in [0.15, 0.2) is 0 Å². The summed E-state index contributed by atoms with van der Waals surface area (Å²) in [7, 11) is 0. The lowest BCUT2D eigenvalue weighted by atomic mass is 10.1. The molecule has 0 atom stereocenters. The third-order valence-corrected chi connectivity index (χ3v) is 3.49. The molecule has 0 saturated carbocycles. The van der Waals surface area contributed by atoms with E-state index < -0.39 is 0 Å². The largest absolute Gasteiger partial charge is 0.467 e. The fourth-order valence-corrected chi connectivity index (χ4v) is 2.34. The first-order valence-corrected chi connectivity index (χ1v) is 7.19. The van der Waals surface area contributed by atoms with Crippen molar-refractivity contribution in [2.45, 2.75) is 20.0 Å². The predicted molar refractivity (Wildman–Crippen MR) is 83.2 cm³/mol. The zero-order valence-corrected chi connectivity index (χ0v) is 12.3. The quantitative estimate of drug-likeness (QED) is 0.787. The Hall–Kier alpha value is -2.82. The molecular weight excluding hydrogens is 278 g/mol. The van der Waals surface area contributed by atoms with Crippen LogP contribution in [0.5, 0.6) is 0 Å². The van der Waals surface area contributed by atoms with E-state index in [1.807, 2.05) is 42.0 Å². The van der Waals surface area contributed by atoms with Crippen molar-refractivity contribution in [1.29, 1.82) is 0 Å². The summed E-state index contributed by atoms with van der Waals surface area (Å²) in [5, 5.41) is 2.87. The topological polar surface area (TPSA) is 60.1 Å². The number of hydrogen-bond donors (Lipinski definition) is 1. The Balaban J connectivity index is 1.80. The second kappa shape index (κ2) is 6.30. The zero-order valence-electron chi connectivity index (χ0n) is 12.3. The van der Waals surface area contributed by atoms with Crippen LogP contribution in [-0.2, 0) is 13.1 Å². The summed E-state index contributed by atoms with van der Waals surface area (Å²) >= 11 is 0. The van der Waals surface area contributed by atoms with Gasteiger partial charge in [-0.3, -0.25) is 9.78 Å². The first kappa shape index (κ1) is 14.1. The van der Waals surface area contributed by atoms with Crippen molar-refractivity contribution in [1.82, 2.24) is 14.9 Å². The van der Waals surface area contributed by atoms with E-state index in [1.165, 1.54) is 0 Å². The first-order chi connectivity index (χ1) is 10.8. The van der Waals surface area contributed by atoms with Crippen LogP contribution in [0.2, 0.25) is 0 Å². The minimum Gasteiger partial charge on any atom is -0.467 e. The minimum atomic E-state index is -0.112. The van der Waals surface area contributed by atoms with Gasteiger partial charge in [-0.05, 0) is 42.8 Å². The van der Waals surface area contributed by atoms with E-state index in [0.717, 1.165) is 23.4 Å². The molecule has 0 saturated heterocycles. The number of furan rings is 1. The molecule has 3 aromatic rings. The lowest BCUT2D eigenvalue weighted by Gasteiger charge is -2.06. The van der Waals surface area contributed by atoms with E-state index >= 15 is 0 Å². The standard InChI is InChI=1S/C17H17N3O2/c1-2-20-12-14(13-5-7-18-8-6-13)10-16(20)17(21)19-11-15-4-3-9-22-15/h3-10,12H,2,11H2,1H3,(H,19,21). The highest BCUT2D eigenvalue weighted by Crippen LogP contribution is 2.21. The van der Waals surface area contributed by atoms with Crippen LogP contribution in [0.25, 0.3) is 11.1 Å². The van der Waals surface area contributed by atoms with E-state index in [2.05, 4.69) is 10.3 Å². The summed E-state index contributed by atoms with van der Waals surface area (Å²) in [5.74, 6) is 0.621. The Kier molecular flexibility index (Phi) is 4.05. The second-order valence-electron chi connectivity index (χ2n) is 4.90. The van der Waals surface area contributed by atoms with E-state index in [1.54, 1.807) is 24.7 Å². The Morgan fingerprint density at radius 2 is 2.09 bits per heavy atom. The molecule has 0 radical (unpaired) electrons. The SMILES string of the molecule is CCn1cc(-c2ccncc2)cc1C(=O)NCc1ccco1. The van der Waals surface area contributed by atoms with Gasteiger partial charge in [-0.25, -0.2) is 0 Å². The number of carbonyl (C=O) groups excluding carboxylic acids is 1. The van der Waals surface area contributed by atoms with Crippen molar-refractivity contribution < 1.29 is 9.21 Å². The third kappa shape index (κ3) is 2.93. The molecule has 5 heteroatoms. The molecule has 0 aromatic carbocycles. The second-order valence-corrected chi connectivity index (χ2v) is 4.90. The van der Waals surface area contributed by atoms with Gasteiger partial charge in [0, 0.05) is 30.7 Å². The van der Waals surface area contributed by atoms with Crippen molar-refractivity contribution in [3.63, 3.8) is 0 Å². The summed E-state index contributed by atoms with van der Waals surface area (Å²) in [6.45, 7) is 3.12. The van der Waals surface area contributed by atoms with Crippen LogP contribution >= 0.6 is 0 Å². The molecule has 3 heterocycles. The van der Waals surface area contributed by atoms with Crippen molar-refractivity contribution in [3.05, 3.63) is 66.6 Å². The number of nitrogens with one attached hydrogen (secondary N) is 1. The number of rotatable bonds is 5. The molecular formula is C17H17N3O2. The molecule has 22 heavy (non-hydrogen) atoms. The Morgan fingerprint density at radius 3 is 2.77 bits per heavy atom. The van der Waals surface area contributed by atoms with Gasteiger partial charge in [0.25, 0.3) is 5.91 Å². The van der Waals surface area contributed by atoms with Crippen LogP contribution in [-0.4, -0.2) is 15.5 Å². The molecule has 0 aliphatic heterocycles. The number of amides is 1. The van der Waals surface area contributed by atoms with Crippen LogP contribution in [0.4, 0.5) is 0 Å². The van der Waals surface area contributed by atoms with Crippen molar-refractivity contribution in [2.24, 2.45) is 0 Å². The lowest BCUT2D eigenvalue weighted by molar-refractivity contribution is 0.0939. The maximum absolute atomic E-state index is 12.4. The summed E-state index contributed by atoms with van der Waals surface area (Å²) < 4.78 is 7.16. The predicted octanol–water partition coefficient (Wildman–Crippen LogP) is 3.09. The maximum atomic E-state index is 12.4.